The zero-order valence-electron chi connectivity index (χ0n) is 12.7. The number of rotatable bonds is 1. The molecule has 2 saturated heterocycles. The van der Waals surface area contributed by atoms with E-state index in [1.54, 1.807) is 0 Å². The molecule has 0 saturated carbocycles. The van der Waals surface area contributed by atoms with Gasteiger partial charge in [-0.1, -0.05) is 23.7 Å². The van der Waals surface area contributed by atoms with Crippen molar-refractivity contribution >= 4 is 40.5 Å². The number of carbonyl (C=O) groups is 1. The van der Waals surface area contributed by atoms with Gasteiger partial charge in [0, 0.05) is 30.7 Å². The van der Waals surface area contributed by atoms with E-state index in [1.807, 2.05) is 30.3 Å². The molecule has 0 aliphatic carbocycles. The van der Waals surface area contributed by atoms with Crippen molar-refractivity contribution in [2.75, 3.05) is 26.2 Å². The largest absolute Gasteiger partial charge is 0.348 e. The lowest BCUT2D eigenvalue weighted by atomic mass is 10.2. The summed E-state index contributed by atoms with van der Waals surface area (Å²) in [6, 6.07) is 8.13. The molecule has 2 fully saturated rings. The van der Waals surface area contributed by atoms with Crippen LogP contribution in [0.1, 0.15) is 18.4 Å². The lowest BCUT2D eigenvalue weighted by molar-refractivity contribution is -0.113. The van der Waals surface area contributed by atoms with Crippen LogP contribution in [-0.4, -0.2) is 53.1 Å². The van der Waals surface area contributed by atoms with Gasteiger partial charge in [-0.3, -0.25) is 9.69 Å². The summed E-state index contributed by atoms with van der Waals surface area (Å²) >= 11 is 7.39. The van der Waals surface area contributed by atoms with Crippen molar-refractivity contribution in [3.05, 3.63) is 39.8 Å². The van der Waals surface area contributed by atoms with Gasteiger partial charge in [0.05, 0.1) is 4.91 Å². The number of carbonyl (C=O) groups excluding carboxylic acids is 1. The van der Waals surface area contributed by atoms with Gasteiger partial charge in [-0.15, -0.1) is 0 Å². The summed E-state index contributed by atoms with van der Waals surface area (Å²) in [6.45, 7) is 4.25. The Morgan fingerprint density at radius 2 is 2.04 bits per heavy atom. The first kappa shape index (κ1) is 15.2. The van der Waals surface area contributed by atoms with E-state index in [-0.39, 0.29) is 5.91 Å². The Morgan fingerprint density at radius 3 is 2.87 bits per heavy atom. The molecule has 0 bridgehead atoms. The molecule has 4 rings (SSSR count). The van der Waals surface area contributed by atoms with Crippen LogP contribution in [0, 0.1) is 0 Å². The normalized spacial score (nSPS) is 26.7. The number of amidine groups is 1. The van der Waals surface area contributed by atoms with Crippen LogP contribution in [-0.2, 0) is 4.79 Å². The molecule has 0 unspecified atom stereocenters. The van der Waals surface area contributed by atoms with Gasteiger partial charge in [-0.25, -0.2) is 0 Å². The van der Waals surface area contributed by atoms with Crippen LogP contribution in [0.15, 0.2) is 34.2 Å². The Labute approximate surface area is 145 Å². The molecule has 0 spiro atoms. The Morgan fingerprint density at radius 1 is 1.22 bits per heavy atom. The minimum Gasteiger partial charge on any atom is -0.348 e. The fourth-order valence-electron chi connectivity index (χ4n) is 3.41. The Bertz CT molecular complexity index is 686. The van der Waals surface area contributed by atoms with E-state index in [0.717, 1.165) is 30.4 Å². The number of aliphatic imine (C=N–C) groups is 1. The number of thioether (sulfide) groups is 1. The minimum atomic E-state index is -0.131. The molecular weight excluding hydrogens is 330 g/mol. The Kier molecular flexibility index (Phi) is 4.18. The fourth-order valence-corrected chi connectivity index (χ4v) is 4.48. The first-order chi connectivity index (χ1) is 11.2. The third-order valence-electron chi connectivity index (χ3n) is 4.63. The molecule has 3 aliphatic heterocycles. The summed E-state index contributed by atoms with van der Waals surface area (Å²) in [7, 11) is 0. The number of hydrogen-bond donors (Lipinski definition) is 0. The van der Waals surface area contributed by atoms with Crippen LogP contribution < -0.4 is 0 Å². The maximum absolute atomic E-state index is 12.2. The smallest absolute Gasteiger partial charge is 0.286 e. The van der Waals surface area contributed by atoms with Crippen LogP contribution in [0.25, 0.3) is 6.08 Å². The first-order valence-corrected chi connectivity index (χ1v) is 9.15. The Balaban J connectivity index is 1.47. The van der Waals surface area contributed by atoms with Gasteiger partial charge in [-0.05, 0) is 54.9 Å². The fraction of sp³-hybridized carbons (Fsp3) is 0.412. The van der Waals surface area contributed by atoms with Crippen LogP contribution >= 0.6 is 23.4 Å². The van der Waals surface area contributed by atoms with Crippen molar-refractivity contribution < 1.29 is 4.79 Å². The number of halogens is 1. The highest BCUT2D eigenvalue weighted by Crippen LogP contribution is 2.32. The maximum Gasteiger partial charge on any atom is 0.286 e. The second-order valence-electron chi connectivity index (χ2n) is 6.14. The average Bonchev–Trinajstić information content (AvgIpc) is 3.16. The SMILES string of the molecule is O=C1N=C(N2CCN3CCC[C@@H]3C2)S/C1=C/c1ccc(Cl)cc1. The van der Waals surface area contributed by atoms with Crippen molar-refractivity contribution in [3.63, 3.8) is 0 Å². The average molecular weight is 348 g/mol. The van der Waals surface area contributed by atoms with Crippen molar-refractivity contribution in [2.24, 2.45) is 4.99 Å². The molecule has 1 atom stereocenters. The van der Waals surface area contributed by atoms with Gasteiger partial charge in [0.2, 0.25) is 0 Å². The number of fused-ring (bicyclic) bond motifs is 1. The summed E-state index contributed by atoms with van der Waals surface area (Å²) in [5.41, 5.74) is 0.974. The number of hydrogen-bond acceptors (Lipinski definition) is 4. The highest BCUT2D eigenvalue weighted by molar-refractivity contribution is 8.18. The lowest BCUT2D eigenvalue weighted by Gasteiger charge is -2.38. The zero-order chi connectivity index (χ0) is 15.8. The molecule has 3 aliphatic rings. The topological polar surface area (TPSA) is 35.9 Å². The predicted octanol–water partition coefficient (Wildman–Crippen LogP) is 3.09. The van der Waals surface area contributed by atoms with Crippen LogP contribution in [0.3, 0.4) is 0 Å². The molecule has 0 N–H and O–H groups in total. The monoisotopic (exact) mass is 347 g/mol. The third-order valence-corrected chi connectivity index (χ3v) is 5.93. The van der Waals surface area contributed by atoms with E-state index in [0.29, 0.717) is 16.0 Å². The van der Waals surface area contributed by atoms with Crippen LogP contribution in [0.4, 0.5) is 0 Å². The molecule has 1 aromatic carbocycles. The van der Waals surface area contributed by atoms with Crippen molar-refractivity contribution in [2.45, 2.75) is 18.9 Å². The maximum atomic E-state index is 12.2. The second-order valence-corrected chi connectivity index (χ2v) is 7.59. The molecule has 120 valence electrons. The summed E-state index contributed by atoms with van der Waals surface area (Å²) in [5.74, 6) is -0.131. The summed E-state index contributed by atoms with van der Waals surface area (Å²) in [4.78, 5) is 22.0. The Hall–Kier alpha value is -1.30. The van der Waals surface area contributed by atoms with Gasteiger partial charge in [0.15, 0.2) is 5.17 Å². The molecule has 0 radical (unpaired) electrons. The van der Waals surface area contributed by atoms with E-state index in [9.17, 15) is 4.79 Å². The molecule has 4 nitrogen and oxygen atoms in total. The van der Waals surface area contributed by atoms with E-state index >= 15 is 0 Å². The van der Waals surface area contributed by atoms with Crippen LogP contribution in [0.2, 0.25) is 5.02 Å². The van der Waals surface area contributed by atoms with E-state index < -0.39 is 0 Å². The summed E-state index contributed by atoms with van der Waals surface area (Å²) in [5, 5.41) is 1.56. The number of benzene rings is 1. The standard InChI is InChI=1S/C17H18ClN3OS/c18-13-5-3-12(4-6-13)10-15-16(22)19-17(23-15)21-9-8-20-7-1-2-14(20)11-21/h3-6,10,14H,1-2,7-9,11H2/b15-10+/t14-/m1/s1. The number of amides is 1. The third kappa shape index (κ3) is 3.18. The lowest BCUT2D eigenvalue weighted by Crippen LogP contribution is -2.51. The summed E-state index contributed by atoms with van der Waals surface area (Å²) < 4.78 is 0. The highest BCUT2D eigenvalue weighted by Gasteiger charge is 2.34. The van der Waals surface area contributed by atoms with E-state index in [2.05, 4.69) is 14.8 Å². The molecule has 1 aromatic rings. The summed E-state index contributed by atoms with van der Waals surface area (Å²) in [6.07, 6.45) is 4.44. The molecule has 6 heteroatoms. The second kappa shape index (κ2) is 6.30. The van der Waals surface area contributed by atoms with E-state index in [4.69, 9.17) is 11.6 Å². The van der Waals surface area contributed by atoms with Gasteiger partial charge in [-0.2, -0.15) is 4.99 Å². The van der Waals surface area contributed by atoms with E-state index in [1.165, 1.54) is 31.1 Å². The van der Waals surface area contributed by atoms with Gasteiger partial charge < -0.3 is 4.90 Å². The molecule has 1 amide bonds. The highest BCUT2D eigenvalue weighted by atomic mass is 35.5. The molecular formula is C17H18ClN3OS. The number of nitrogens with zero attached hydrogens (tertiary/aromatic N) is 3. The van der Waals surface area contributed by atoms with Crippen molar-refractivity contribution in [3.8, 4) is 0 Å². The first-order valence-electron chi connectivity index (χ1n) is 7.96. The van der Waals surface area contributed by atoms with Crippen molar-refractivity contribution in [1.29, 1.82) is 0 Å². The molecule has 23 heavy (non-hydrogen) atoms. The minimum absolute atomic E-state index is 0.131. The predicted molar refractivity (Wildman–Crippen MR) is 95.6 cm³/mol. The van der Waals surface area contributed by atoms with Crippen LogP contribution in [0.5, 0.6) is 0 Å². The molecule has 0 aromatic heterocycles. The zero-order valence-corrected chi connectivity index (χ0v) is 14.3. The van der Waals surface area contributed by atoms with Gasteiger partial charge in [0.1, 0.15) is 0 Å². The molecule has 3 heterocycles. The van der Waals surface area contributed by atoms with Gasteiger partial charge >= 0.3 is 0 Å². The van der Waals surface area contributed by atoms with Gasteiger partial charge in [0.25, 0.3) is 5.91 Å². The van der Waals surface area contributed by atoms with Crippen molar-refractivity contribution in [1.82, 2.24) is 9.80 Å². The number of piperazine rings is 1. The quantitative estimate of drug-likeness (QED) is 0.731.